The van der Waals surface area contributed by atoms with Crippen LogP contribution < -0.4 is 18.9 Å². The summed E-state index contributed by atoms with van der Waals surface area (Å²) in [6, 6.07) is 13.4. The van der Waals surface area contributed by atoms with Gasteiger partial charge >= 0.3 is 18.9 Å². The third kappa shape index (κ3) is 2.33. The SMILES string of the molecule is O=S(=O)(c1ccccc1)n1[c-]cc2cccnc21.[Li+]. The van der Waals surface area contributed by atoms with Gasteiger partial charge in [0.05, 0.1) is 4.90 Å². The van der Waals surface area contributed by atoms with Gasteiger partial charge in [0.1, 0.15) is 0 Å². The van der Waals surface area contributed by atoms with E-state index < -0.39 is 10.0 Å². The van der Waals surface area contributed by atoms with Crippen molar-refractivity contribution < 1.29 is 27.3 Å². The Bertz CT molecular complexity index is 798. The largest absolute Gasteiger partial charge is 1.00 e. The quantitative estimate of drug-likeness (QED) is 0.444. The molecule has 2 aromatic heterocycles. The van der Waals surface area contributed by atoms with Crippen LogP contribution in [-0.4, -0.2) is 17.4 Å². The number of hydrogen-bond acceptors (Lipinski definition) is 3. The molecule has 90 valence electrons. The third-order valence-corrected chi connectivity index (χ3v) is 4.25. The molecule has 0 unspecified atom stereocenters. The molecule has 0 aliphatic rings. The van der Waals surface area contributed by atoms with Gasteiger partial charge in [-0.1, -0.05) is 30.5 Å². The van der Waals surface area contributed by atoms with Crippen LogP contribution >= 0.6 is 0 Å². The number of fused-ring (bicyclic) bond motifs is 1. The van der Waals surface area contributed by atoms with Crippen LogP contribution in [0.25, 0.3) is 11.0 Å². The number of aromatic nitrogens is 2. The summed E-state index contributed by atoms with van der Waals surface area (Å²) >= 11 is 0. The smallest absolute Gasteiger partial charge is 0.344 e. The molecule has 0 saturated heterocycles. The topological polar surface area (TPSA) is 52.0 Å². The van der Waals surface area contributed by atoms with Crippen LogP contribution in [0.3, 0.4) is 0 Å². The van der Waals surface area contributed by atoms with Gasteiger partial charge in [-0.05, 0) is 17.8 Å². The van der Waals surface area contributed by atoms with Gasteiger partial charge in [-0.3, -0.25) is 0 Å². The molecule has 0 aliphatic carbocycles. The molecule has 0 aliphatic heterocycles. The molecule has 0 saturated carbocycles. The number of pyridine rings is 1. The maximum absolute atomic E-state index is 12.4. The second-order valence-electron chi connectivity index (χ2n) is 3.77. The Balaban J connectivity index is 0.00000133. The van der Waals surface area contributed by atoms with E-state index in [0.717, 1.165) is 9.36 Å². The summed E-state index contributed by atoms with van der Waals surface area (Å²) in [5, 5.41) is 0.747. The molecule has 0 N–H and O–H groups in total. The van der Waals surface area contributed by atoms with Crippen molar-refractivity contribution in [2.75, 3.05) is 0 Å². The Morgan fingerprint density at radius 2 is 1.79 bits per heavy atom. The van der Waals surface area contributed by atoms with Gasteiger partial charge in [0.2, 0.25) is 10.0 Å². The second kappa shape index (κ2) is 5.22. The molecule has 3 rings (SSSR count). The zero-order valence-electron chi connectivity index (χ0n) is 10.3. The van der Waals surface area contributed by atoms with Gasteiger partial charge in [0, 0.05) is 6.20 Å². The summed E-state index contributed by atoms with van der Waals surface area (Å²) in [5.74, 6) is 0. The van der Waals surface area contributed by atoms with Crippen LogP contribution in [0.2, 0.25) is 0 Å². The number of nitrogens with zero attached hydrogens (tertiary/aromatic N) is 2. The summed E-state index contributed by atoms with van der Waals surface area (Å²) in [6.07, 6.45) is 4.28. The van der Waals surface area contributed by atoms with E-state index in [1.165, 1.54) is 0 Å². The first-order valence-electron chi connectivity index (χ1n) is 5.34. The minimum Gasteiger partial charge on any atom is -0.344 e. The van der Waals surface area contributed by atoms with Gasteiger partial charge in [-0.15, -0.1) is 11.5 Å². The molecule has 4 nitrogen and oxygen atoms in total. The molecule has 0 bridgehead atoms. The van der Waals surface area contributed by atoms with E-state index in [0.29, 0.717) is 5.65 Å². The van der Waals surface area contributed by atoms with Crippen LogP contribution in [0, 0.1) is 6.20 Å². The van der Waals surface area contributed by atoms with Gasteiger partial charge in [-0.2, -0.15) is 6.07 Å². The molecule has 6 heteroatoms. The minimum absolute atomic E-state index is 0. The summed E-state index contributed by atoms with van der Waals surface area (Å²) in [5.41, 5.74) is 0.390. The Hall–Kier alpha value is -1.54. The molecule has 19 heavy (non-hydrogen) atoms. The first-order valence-corrected chi connectivity index (χ1v) is 6.78. The van der Waals surface area contributed by atoms with E-state index in [9.17, 15) is 8.42 Å². The number of hydrogen-bond donors (Lipinski definition) is 0. The first-order chi connectivity index (χ1) is 8.69. The Morgan fingerprint density at radius 1 is 1.05 bits per heavy atom. The molecule has 0 atom stereocenters. The van der Waals surface area contributed by atoms with Crippen molar-refractivity contribution >= 4 is 21.1 Å². The van der Waals surface area contributed by atoms with Crippen molar-refractivity contribution in [1.82, 2.24) is 8.96 Å². The van der Waals surface area contributed by atoms with Crippen molar-refractivity contribution in [3.05, 3.63) is 60.9 Å². The molecule has 1 aromatic carbocycles. The normalized spacial score (nSPS) is 11.2. The zero-order valence-corrected chi connectivity index (χ0v) is 11.1. The number of rotatable bonds is 2. The van der Waals surface area contributed by atoms with E-state index in [-0.39, 0.29) is 23.8 Å². The third-order valence-electron chi connectivity index (χ3n) is 2.63. The fourth-order valence-corrected chi connectivity index (χ4v) is 3.05. The van der Waals surface area contributed by atoms with Crippen LogP contribution in [0.1, 0.15) is 0 Å². The summed E-state index contributed by atoms with van der Waals surface area (Å²) < 4.78 is 25.9. The van der Waals surface area contributed by atoms with E-state index in [1.54, 1.807) is 54.7 Å². The predicted molar refractivity (Wildman–Crippen MR) is 67.6 cm³/mol. The fraction of sp³-hybridized carbons (Fsp3) is 0. The van der Waals surface area contributed by atoms with Gasteiger partial charge < -0.3 is 8.96 Å². The minimum atomic E-state index is -3.62. The van der Waals surface area contributed by atoms with Crippen molar-refractivity contribution in [3.8, 4) is 0 Å². The van der Waals surface area contributed by atoms with Crippen molar-refractivity contribution in [2.24, 2.45) is 0 Å². The summed E-state index contributed by atoms with van der Waals surface area (Å²) in [4.78, 5) is 4.31. The zero-order chi connectivity index (χ0) is 12.6. The molecule has 0 radical (unpaired) electrons. The molecule has 2 heterocycles. The van der Waals surface area contributed by atoms with Crippen molar-refractivity contribution in [2.45, 2.75) is 4.90 Å². The molecule has 0 spiro atoms. The Labute approximate surface area is 123 Å². The van der Waals surface area contributed by atoms with Crippen LogP contribution in [0.15, 0.2) is 59.6 Å². The predicted octanol–water partition coefficient (Wildman–Crippen LogP) is -0.923. The second-order valence-corrected chi connectivity index (χ2v) is 5.56. The average molecular weight is 264 g/mol. The van der Waals surface area contributed by atoms with Gasteiger partial charge in [0.15, 0.2) is 0 Å². The van der Waals surface area contributed by atoms with E-state index in [2.05, 4.69) is 11.2 Å². The monoisotopic (exact) mass is 264 g/mol. The maximum Gasteiger partial charge on any atom is 1.00 e. The van der Waals surface area contributed by atoms with Crippen LogP contribution in [0.4, 0.5) is 0 Å². The molecule has 0 fully saturated rings. The van der Waals surface area contributed by atoms with E-state index in [1.807, 2.05) is 0 Å². The van der Waals surface area contributed by atoms with Gasteiger partial charge in [0.25, 0.3) is 0 Å². The van der Waals surface area contributed by atoms with Gasteiger partial charge in [-0.25, -0.2) is 8.42 Å². The van der Waals surface area contributed by atoms with Crippen LogP contribution in [0.5, 0.6) is 0 Å². The van der Waals surface area contributed by atoms with Crippen molar-refractivity contribution in [1.29, 1.82) is 0 Å². The molecular formula is C13H9LiN2O2S. The van der Waals surface area contributed by atoms with E-state index in [4.69, 9.17) is 0 Å². The van der Waals surface area contributed by atoms with Crippen LogP contribution in [-0.2, 0) is 10.0 Å². The first kappa shape index (κ1) is 13.9. The summed E-state index contributed by atoms with van der Waals surface area (Å²) in [6.45, 7) is 0. The average Bonchev–Trinajstić information content (AvgIpc) is 2.84. The number of benzene rings is 1. The fourth-order valence-electron chi connectivity index (χ4n) is 1.76. The molecular weight excluding hydrogens is 255 g/mol. The molecule has 3 aromatic rings. The Morgan fingerprint density at radius 3 is 2.53 bits per heavy atom. The summed E-state index contributed by atoms with van der Waals surface area (Å²) in [7, 11) is -3.62. The Kier molecular flexibility index (Phi) is 3.81. The maximum atomic E-state index is 12.4. The van der Waals surface area contributed by atoms with Crippen molar-refractivity contribution in [3.63, 3.8) is 0 Å². The van der Waals surface area contributed by atoms with E-state index >= 15 is 0 Å². The molecule has 0 amide bonds. The standard InChI is InChI=1S/C13H9N2O2S.Li/c16-18(17,12-6-2-1-3-7-12)15-10-8-11-5-4-9-14-13(11)15;/h1-9H;/q-1;+1.